The predicted octanol–water partition coefficient (Wildman–Crippen LogP) is 4.53. The van der Waals surface area contributed by atoms with Crippen LogP contribution in [0.5, 0.6) is 0 Å². The second-order valence-corrected chi connectivity index (χ2v) is 6.09. The Hall–Kier alpha value is -2.37. The van der Waals surface area contributed by atoms with Crippen LogP contribution >= 0.6 is 23.4 Å². The zero-order chi connectivity index (χ0) is 16.1. The molecule has 1 N–H and O–H groups in total. The third-order valence-corrected chi connectivity index (χ3v) is 4.19. The lowest BCUT2D eigenvalue weighted by Gasteiger charge is -2.08. The van der Waals surface area contributed by atoms with Crippen molar-refractivity contribution in [2.24, 2.45) is 0 Å². The molecule has 0 aliphatic carbocycles. The van der Waals surface area contributed by atoms with Crippen molar-refractivity contribution in [1.82, 2.24) is 9.97 Å². The normalized spacial score (nSPS) is 10.3. The van der Waals surface area contributed by atoms with E-state index in [0.717, 1.165) is 4.90 Å². The van der Waals surface area contributed by atoms with E-state index in [1.807, 2.05) is 30.3 Å². The van der Waals surface area contributed by atoms with Crippen LogP contribution in [0.1, 0.15) is 10.4 Å². The molecule has 0 saturated carbocycles. The van der Waals surface area contributed by atoms with Crippen molar-refractivity contribution in [3.8, 4) is 0 Å². The maximum Gasteiger partial charge on any atom is 0.259 e. The highest BCUT2D eigenvalue weighted by Crippen LogP contribution is 2.28. The molecule has 0 unspecified atom stereocenters. The summed E-state index contributed by atoms with van der Waals surface area (Å²) in [4.78, 5) is 21.9. The lowest BCUT2D eigenvalue weighted by molar-refractivity contribution is 0.102. The number of amides is 1. The Labute approximate surface area is 142 Å². The maximum absolute atomic E-state index is 12.5. The van der Waals surface area contributed by atoms with Gasteiger partial charge in [-0.05, 0) is 36.4 Å². The first kappa shape index (κ1) is 15.5. The number of halogens is 1. The molecule has 6 heteroatoms. The first-order valence-corrected chi connectivity index (χ1v) is 8.02. The summed E-state index contributed by atoms with van der Waals surface area (Å²) < 4.78 is 0. The molecule has 0 spiro atoms. The van der Waals surface area contributed by atoms with E-state index in [2.05, 4.69) is 15.3 Å². The van der Waals surface area contributed by atoms with Crippen LogP contribution in [0, 0.1) is 0 Å². The Kier molecular flexibility index (Phi) is 4.90. The third-order valence-electron chi connectivity index (χ3n) is 2.94. The highest BCUT2D eigenvalue weighted by Gasteiger charge is 2.14. The fraction of sp³-hybridized carbons (Fsp3) is 0. The van der Waals surface area contributed by atoms with E-state index >= 15 is 0 Å². The second kappa shape index (κ2) is 7.26. The number of nitrogens with one attached hydrogen (secondary N) is 1. The van der Waals surface area contributed by atoms with Gasteiger partial charge in [-0.2, -0.15) is 0 Å². The van der Waals surface area contributed by atoms with Crippen LogP contribution in [0.25, 0.3) is 0 Å². The molecular formula is C17H12ClN3OS. The molecule has 3 rings (SSSR count). The summed E-state index contributed by atoms with van der Waals surface area (Å²) in [6.07, 6.45) is 3.16. The minimum Gasteiger partial charge on any atom is -0.306 e. The van der Waals surface area contributed by atoms with Crippen LogP contribution in [0.4, 0.5) is 5.82 Å². The van der Waals surface area contributed by atoms with Crippen molar-refractivity contribution in [2.75, 3.05) is 5.32 Å². The Balaban J connectivity index is 1.82. The average Bonchev–Trinajstić information content (AvgIpc) is 2.58. The molecular weight excluding hydrogens is 330 g/mol. The van der Waals surface area contributed by atoms with Crippen LogP contribution in [-0.4, -0.2) is 15.9 Å². The first-order valence-electron chi connectivity index (χ1n) is 6.83. The lowest BCUT2D eigenvalue weighted by atomic mass is 10.2. The number of rotatable bonds is 4. The molecule has 0 radical (unpaired) electrons. The molecule has 2 aromatic heterocycles. The fourth-order valence-electron chi connectivity index (χ4n) is 1.88. The molecule has 1 aromatic carbocycles. The van der Waals surface area contributed by atoms with Gasteiger partial charge in [-0.3, -0.25) is 4.79 Å². The summed E-state index contributed by atoms with van der Waals surface area (Å²) in [7, 11) is 0. The van der Waals surface area contributed by atoms with Crippen molar-refractivity contribution in [3.63, 3.8) is 0 Å². The highest BCUT2D eigenvalue weighted by molar-refractivity contribution is 7.99. The van der Waals surface area contributed by atoms with Gasteiger partial charge in [0.25, 0.3) is 5.91 Å². The number of anilines is 1. The molecule has 0 aliphatic heterocycles. The van der Waals surface area contributed by atoms with E-state index in [4.69, 9.17) is 11.6 Å². The molecule has 4 nitrogen and oxygen atoms in total. The summed E-state index contributed by atoms with van der Waals surface area (Å²) in [5.74, 6) is 0.185. The smallest absolute Gasteiger partial charge is 0.259 e. The lowest BCUT2D eigenvalue weighted by Crippen LogP contribution is -2.14. The fourth-order valence-corrected chi connectivity index (χ4v) is 2.89. The van der Waals surface area contributed by atoms with Gasteiger partial charge in [0.05, 0.1) is 10.6 Å². The van der Waals surface area contributed by atoms with Crippen LogP contribution in [0.15, 0.2) is 76.9 Å². The molecule has 0 bridgehead atoms. The number of carbonyl (C=O) groups is 1. The van der Waals surface area contributed by atoms with Crippen molar-refractivity contribution < 1.29 is 4.79 Å². The maximum atomic E-state index is 12.5. The molecule has 0 fully saturated rings. The number of nitrogens with zero attached hydrogens (tertiary/aromatic N) is 2. The summed E-state index contributed by atoms with van der Waals surface area (Å²) in [5.41, 5.74) is 0.498. The molecule has 1 amide bonds. The molecule has 0 saturated heterocycles. The van der Waals surface area contributed by atoms with Crippen molar-refractivity contribution in [3.05, 3.63) is 77.6 Å². The summed E-state index contributed by atoms with van der Waals surface area (Å²) in [6.45, 7) is 0. The molecule has 23 heavy (non-hydrogen) atoms. The minimum absolute atomic E-state index is 0.258. The average molecular weight is 342 g/mol. The van der Waals surface area contributed by atoms with Gasteiger partial charge < -0.3 is 5.32 Å². The molecule has 2 heterocycles. The van der Waals surface area contributed by atoms with Crippen molar-refractivity contribution in [2.45, 2.75) is 9.92 Å². The monoisotopic (exact) mass is 341 g/mol. The van der Waals surface area contributed by atoms with Gasteiger partial charge in [0.1, 0.15) is 10.8 Å². The van der Waals surface area contributed by atoms with Gasteiger partial charge in [-0.15, -0.1) is 0 Å². The summed E-state index contributed by atoms with van der Waals surface area (Å²) in [5, 5.41) is 3.91. The van der Waals surface area contributed by atoms with Gasteiger partial charge in [0.15, 0.2) is 0 Å². The van der Waals surface area contributed by atoms with Crippen LogP contribution in [0.3, 0.4) is 0 Å². The number of hydrogen-bond acceptors (Lipinski definition) is 4. The van der Waals surface area contributed by atoms with Crippen molar-refractivity contribution in [1.29, 1.82) is 0 Å². The van der Waals surface area contributed by atoms with E-state index in [1.54, 1.807) is 30.5 Å². The molecule has 0 aliphatic rings. The van der Waals surface area contributed by atoms with Crippen LogP contribution < -0.4 is 5.32 Å². The predicted molar refractivity (Wildman–Crippen MR) is 92.0 cm³/mol. The largest absolute Gasteiger partial charge is 0.306 e. The number of aromatic nitrogens is 2. The van der Waals surface area contributed by atoms with E-state index in [9.17, 15) is 4.79 Å². The first-order chi connectivity index (χ1) is 11.2. The molecule has 0 atom stereocenters. The quantitative estimate of drug-likeness (QED) is 0.757. The molecule has 3 aromatic rings. The third kappa shape index (κ3) is 4.09. The number of benzene rings is 1. The topological polar surface area (TPSA) is 54.9 Å². The van der Waals surface area contributed by atoms with Gasteiger partial charge in [-0.25, -0.2) is 9.97 Å². The van der Waals surface area contributed by atoms with E-state index in [-0.39, 0.29) is 5.91 Å². The number of carbonyl (C=O) groups excluding carboxylic acids is 1. The van der Waals surface area contributed by atoms with Gasteiger partial charge >= 0.3 is 0 Å². The highest BCUT2D eigenvalue weighted by atomic mass is 35.5. The van der Waals surface area contributed by atoms with E-state index in [0.29, 0.717) is 21.4 Å². The van der Waals surface area contributed by atoms with Crippen LogP contribution in [0.2, 0.25) is 5.02 Å². The Morgan fingerprint density at radius 1 is 1.00 bits per heavy atom. The Morgan fingerprint density at radius 2 is 1.83 bits per heavy atom. The molecule has 114 valence electrons. The SMILES string of the molecule is O=C(Nc1ccc(Cl)cn1)c1cccnc1Sc1ccccc1. The van der Waals surface area contributed by atoms with Gasteiger partial charge in [0, 0.05) is 17.3 Å². The summed E-state index contributed by atoms with van der Waals surface area (Å²) in [6, 6.07) is 16.6. The Bertz CT molecular complexity index is 810. The van der Waals surface area contributed by atoms with Gasteiger partial charge in [-0.1, -0.05) is 41.6 Å². The Morgan fingerprint density at radius 3 is 2.57 bits per heavy atom. The van der Waals surface area contributed by atoms with E-state index in [1.165, 1.54) is 18.0 Å². The van der Waals surface area contributed by atoms with Gasteiger partial charge in [0.2, 0.25) is 0 Å². The summed E-state index contributed by atoms with van der Waals surface area (Å²) >= 11 is 7.23. The minimum atomic E-state index is -0.258. The van der Waals surface area contributed by atoms with E-state index < -0.39 is 0 Å². The zero-order valence-electron chi connectivity index (χ0n) is 11.9. The number of pyridine rings is 2. The standard InChI is InChI=1S/C17H12ClN3OS/c18-12-8-9-15(20-11-12)21-16(22)14-7-4-10-19-17(14)23-13-5-2-1-3-6-13/h1-11H,(H,20,21,22). The second-order valence-electron chi connectivity index (χ2n) is 4.59. The number of hydrogen-bond donors (Lipinski definition) is 1. The van der Waals surface area contributed by atoms with Crippen LogP contribution in [-0.2, 0) is 0 Å². The van der Waals surface area contributed by atoms with Crippen molar-refractivity contribution >= 4 is 35.1 Å². The zero-order valence-corrected chi connectivity index (χ0v) is 13.5.